The Morgan fingerprint density at radius 3 is 2.48 bits per heavy atom. The van der Waals surface area contributed by atoms with Crippen LogP contribution < -0.4 is 5.32 Å². The number of nitrogens with zero attached hydrogens (tertiary/aromatic N) is 4. The second-order valence-electron chi connectivity index (χ2n) is 7.37. The summed E-state index contributed by atoms with van der Waals surface area (Å²) < 4.78 is 5.57. The van der Waals surface area contributed by atoms with Crippen LogP contribution >= 0.6 is 12.2 Å². The predicted octanol–water partition coefficient (Wildman–Crippen LogP) is 1.18. The third kappa shape index (κ3) is 4.66. The zero-order valence-electron chi connectivity index (χ0n) is 16.7. The Kier molecular flexibility index (Phi) is 7.55. The molecule has 0 aliphatic carbocycles. The van der Waals surface area contributed by atoms with E-state index >= 15 is 0 Å². The van der Waals surface area contributed by atoms with Crippen molar-refractivity contribution in [1.82, 2.24) is 25.0 Å². The highest BCUT2D eigenvalue weighted by Crippen LogP contribution is 2.31. The quantitative estimate of drug-likeness (QED) is 0.700. The van der Waals surface area contributed by atoms with E-state index in [0.29, 0.717) is 0 Å². The molecule has 1 N–H and O–H groups in total. The molecular formula is C20H33N5OS. The Morgan fingerprint density at radius 1 is 1.15 bits per heavy atom. The summed E-state index contributed by atoms with van der Waals surface area (Å²) in [6.45, 7) is 11.9. The van der Waals surface area contributed by atoms with Gasteiger partial charge in [0.15, 0.2) is 0 Å². The lowest BCUT2D eigenvalue weighted by atomic mass is 9.89. The monoisotopic (exact) mass is 391 g/mol. The van der Waals surface area contributed by atoms with Crippen molar-refractivity contribution >= 4 is 17.2 Å². The van der Waals surface area contributed by atoms with Gasteiger partial charge in [0.25, 0.3) is 0 Å². The first-order chi connectivity index (χ1) is 13.2. The number of pyridine rings is 1. The van der Waals surface area contributed by atoms with Gasteiger partial charge in [0.2, 0.25) is 0 Å². The maximum Gasteiger partial charge on any atom is 0.127 e. The van der Waals surface area contributed by atoms with Crippen molar-refractivity contribution in [2.45, 2.75) is 18.9 Å². The zero-order chi connectivity index (χ0) is 19.1. The summed E-state index contributed by atoms with van der Waals surface area (Å²) in [5.74, 6) is 0. The van der Waals surface area contributed by atoms with Crippen molar-refractivity contribution in [2.24, 2.45) is 0 Å². The first kappa shape index (κ1) is 20.6. The largest absolute Gasteiger partial charge is 0.381 e. The molecule has 150 valence electrons. The van der Waals surface area contributed by atoms with Gasteiger partial charge in [-0.2, -0.15) is 0 Å². The normalized spacial score (nSPS) is 22.3. The number of thiocarbonyl (C=S) groups is 1. The van der Waals surface area contributed by atoms with Gasteiger partial charge in [0.05, 0.1) is 18.9 Å². The van der Waals surface area contributed by atoms with Gasteiger partial charge in [-0.1, -0.05) is 25.2 Å². The summed E-state index contributed by atoms with van der Waals surface area (Å²) in [6, 6.07) is 6.18. The number of hydrogen-bond donors (Lipinski definition) is 1. The van der Waals surface area contributed by atoms with Gasteiger partial charge in [-0.3, -0.25) is 14.8 Å². The van der Waals surface area contributed by atoms with Crippen LogP contribution in [0.15, 0.2) is 24.4 Å². The van der Waals surface area contributed by atoms with Gasteiger partial charge in [0, 0.05) is 59.1 Å². The SMILES string of the molecule is CCCN1CCN(C(CN2CCOCC2)(C(=S)NC)c2ccccn2)CC1. The van der Waals surface area contributed by atoms with Crippen LogP contribution in [0.1, 0.15) is 19.0 Å². The number of nitrogens with one attached hydrogen (secondary N) is 1. The summed E-state index contributed by atoms with van der Waals surface area (Å²) in [4.78, 5) is 13.2. The molecule has 1 unspecified atom stereocenters. The second-order valence-corrected chi connectivity index (χ2v) is 7.78. The lowest BCUT2D eigenvalue weighted by Gasteiger charge is -2.49. The maximum atomic E-state index is 5.94. The standard InChI is InChI=1S/C20H33N5OS/c1-3-8-23-9-11-25(12-10-23)20(19(27)21-2,18-6-4-5-7-22-18)17-24-13-15-26-16-14-24/h4-7H,3,8-17H2,1-2H3,(H,21,27). The molecule has 0 spiro atoms. The highest BCUT2D eigenvalue weighted by molar-refractivity contribution is 7.80. The number of ether oxygens (including phenoxy) is 1. The third-order valence-corrected chi connectivity index (χ3v) is 6.24. The lowest BCUT2D eigenvalue weighted by Crippen LogP contribution is -2.65. The fraction of sp³-hybridized carbons (Fsp3) is 0.700. The van der Waals surface area contributed by atoms with Crippen LogP contribution in [0, 0.1) is 0 Å². The van der Waals surface area contributed by atoms with Crippen LogP contribution in [0.4, 0.5) is 0 Å². The summed E-state index contributed by atoms with van der Waals surface area (Å²) in [5.41, 5.74) is 0.640. The Bertz CT molecular complexity index is 587. The maximum absolute atomic E-state index is 5.94. The van der Waals surface area contributed by atoms with E-state index in [1.165, 1.54) is 13.0 Å². The lowest BCUT2D eigenvalue weighted by molar-refractivity contribution is -0.00228. The smallest absolute Gasteiger partial charge is 0.127 e. The van der Waals surface area contributed by atoms with Gasteiger partial charge in [0.1, 0.15) is 10.5 Å². The Balaban J connectivity index is 1.92. The van der Waals surface area contributed by atoms with E-state index in [0.717, 1.165) is 69.7 Å². The Hall–Kier alpha value is -1.12. The molecule has 0 bridgehead atoms. The molecule has 1 atom stereocenters. The molecule has 6 nitrogen and oxygen atoms in total. The molecule has 0 aromatic carbocycles. The van der Waals surface area contributed by atoms with Crippen molar-refractivity contribution in [3.8, 4) is 0 Å². The number of likely N-dealkylation sites (N-methyl/N-ethyl adjacent to an activating group) is 1. The average molecular weight is 392 g/mol. The van der Waals surface area contributed by atoms with Gasteiger partial charge in [-0.05, 0) is 25.1 Å². The van der Waals surface area contributed by atoms with E-state index in [1.54, 1.807) is 0 Å². The number of morpholine rings is 1. The molecule has 2 fully saturated rings. The van der Waals surface area contributed by atoms with Crippen LogP contribution in [0.25, 0.3) is 0 Å². The first-order valence-electron chi connectivity index (χ1n) is 10.1. The average Bonchev–Trinajstić information content (AvgIpc) is 2.74. The van der Waals surface area contributed by atoms with Crippen molar-refractivity contribution in [2.75, 3.05) is 72.6 Å². The van der Waals surface area contributed by atoms with Crippen molar-refractivity contribution < 1.29 is 4.74 Å². The molecule has 0 radical (unpaired) electrons. The molecule has 2 saturated heterocycles. The summed E-state index contributed by atoms with van der Waals surface area (Å²) in [6.07, 6.45) is 3.09. The highest BCUT2D eigenvalue weighted by atomic mass is 32.1. The minimum Gasteiger partial charge on any atom is -0.381 e. The Morgan fingerprint density at radius 2 is 1.89 bits per heavy atom. The summed E-state index contributed by atoms with van der Waals surface area (Å²) in [7, 11) is 1.94. The number of piperazine rings is 1. The fourth-order valence-electron chi connectivity index (χ4n) is 4.24. The molecular weight excluding hydrogens is 358 g/mol. The van der Waals surface area contributed by atoms with Crippen molar-refractivity contribution in [1.29, 1.82) is 0 Å². The molecule has 1 aromatic rings. The molecule has 27 heavy (non-hydrogen) atoms. The number of rotatable bonds is 7. The number of hydrogen-bond acceptors (Lipinski definition) is 6. The molecule has 2 aliphatic rings. The molecule has 0 amide bonds. The molecule has 0 saturated carbocycles. The molecule has 1 aromatic heterocycles. The third-order valence-electron chi connectivity index (χ3n) is 5.70. The Labute approximate surface area is 168 Å². The van der Waals surface area contributed by atoms with E-state index in [9.17, 15) is 0 Å². The van der Waals surface area contributed by atoms with Crippen LogP contribution in [-0.2, 0) is 10.3 Å². The predicted molar refractivity (Wildman–Crippen MR) is 113 cm³/mol. The van der Waals surface area contributed by atoms with Crippen LogP contribution in [0.2, 0.25) is 0 Å². The summed E-state index contributed by atoms with van der Waals surface area (Å²) in [5, 5.41) is 3.31. The topological polar surface area (TPSA) is 43.9 Å². The first-order valence-corrected chi connectivity index (χ1v) is 10.5. The van der Waals surface area contributed by atoms with E-state index < -0.39 is 5.54 Å². The highest BCUT2D eigenvalue weighted by Gasteiger charge is 2.46. The second kappa shape index (κ2) is 9.89. The van der Waals surface area contributed by atoms with Crippen molar-refractivity contribution in [3.63, 3.8) is 0 Å². The van der Waals surface area contributed by atoms with Gasteiger partial charge >= 0.3 is 0 Å². The van der Waals surface area contributed by atoms with E-state index in [4.69, 9.17) is 21.9 Å². The molecule has 3 rings (SSSR count). The summed E-state index contributed by atoms with van der Waals surface area (Å²) >= 11 is 5.94. The van der Waals surface area contributed by atoms with Crippen LogP contribution in [0.5, 0.6) is 0 Å². The molecule has 3 heterocycles. The number of aromatic nitrogens is 1. The zero-order valence-corrected chi connectivity index (χ0v) is 17.5. The van der Waals surface area contributed by atoms with Crippen LogP contribution in [-0.4, -0.2) is 97.3 Å². The van der Waals surface area contributed by atoms with E-state index in [-0.39, 0.29) is 0 Å². The van der Waals surface area contributed by atoms with Gasteiger partial charge < -0.3 is 15.0 Å². The minimum atomic E-state index is -0.402. The molecule has 2 aliphatic heterocycles. The van der Waals surface area contributed by atoms with E-state index in [1.807, 2.05) is 19.3 Å². The minimum absolute atomic E-state index is 0.402. The fourth-order valence-corrected chi connectivity index (χ4v) is 4.54. The van der Waals surface area contributed by atoms with Gasteiger partial charge in [-0.15, -0.1) is 0 Å². The van der Waals surface area contributed by atoms with Crippen molar-refractivity contribution in [3.05, 3.63) is 30.1 Å². The van der Waals surface area contributed by atoms with Crippen LogP contribution in [0.3, 0.4) is 0 Å². The van der Waals surface area contributed by atoms with Gasteiger partial charge in [-0.25, -0.2) is 0 Å². The van der Waals surface area contributed by atoms with E-state index in [2.05, 4.69) is 39.1 Å². The molecule has 7 heteroatoms.